The molecular weight excluding hydrogens is 407 g/mol. The summed E-state index contributed by atoms with van der Waals surface area (Å²) in [7, 11) is 0. The Hall–Kier alpha value is -3.26. The number of hydrogen-bond donors (Lipinski definition) is 1. The SMILES string of the molecule is CCOC(=O)c1c(NC(=O)Cn2cccc(C)c2=O)sc(C)c1-c1ccc(F)cc1. The Morgan fingerprint density at radius 2 is 1.87 bits per heavy atom. The lowest BCUT2D eigenvalue weighted by Crippen LogP contribution is -2.28. The van der Waals surface area contributed by atoms with Gasteiger partial charge in [0.1, 0.15) is 22.9 Å². The highest BCUT2D eigenvalue weighted by atomic mass is 32.1. The normalized spacial score (nSPS) is 10.7. The van der Waals surface area contributed by atoms with Gasteiger partial charge in [0.15, 0.2) is 0 Å². The molecule has 3 aromatic rings. The summed E-state index contributed by atoms with van der Waals surface area (Å²) in [6.07, 6.45) is 1.53. The quantitative estimate of drug-likeness (QED) is 0.599. The molecule has 0 aliphatic heterocycles. The number of aromatic nitrogens is 1. The maximum Gasteiger partial charge on any atom is 0.341 e. The summed E-state index contributed by atoms with van der Waals surface area (Å²) in [6, 6.07) is 9.13. The Balaban J connectivity index is 1.97. The van der Waals surface area contributed by atoms with Crippen molar-refractivity contribution in [1.29, 1.82) is 0 Å². The molecule has 1 amide bonds. The molecule has 1 aromatic carbocycles. The van der Waals surface area contributed by atoms with Crippen LogP contribution in [0.2, 0.25) is 0 Å². The van der Waals surface area contributed by atoms with E-state index in [9.17, 15) is 18.8 Å². The number of carbonyl (C=O) groups excluding carboxylic acids is 2. The molecule has 8 heteroatoms. The number of hydrogen-bond acceptors (Lipinski definition) is 5. The number of aryl methyl sites for hydroxylation is 2. The molecule has 0 radical (unpaired) electrons. The van der Waals surface area contributed by atoms with Gasteiger partial charge in [-0.1, -0.05) is 18.2 Å². The topological polar surface area (TPSA) is 77.4 Å². The van der Waals surface area contributed by atoms with Crippen LogP contribution >= 0.6 is 11.3 Å². The summed E-state index contributed by atoms with van der Waals surface area (Å²) in [5, 5.41) is 3.06. The summed E-state index contributed by atoms with van der Waals surface area (Å²) in [6.45, 7) is 5.16. The number of nitrogens with one attached hydrogen (secondary N) is 1. The van der Waals surface area contributed by atoms with E-state index in [0.29, 0.717) is 21.7 Å². The van der Waals surface area contributed by atoms with Gasteiger partial charge >= 0.3 is 5.97 Å². The summed E-state index contributed by atoms with van der Waals surface area (Å²) in [5.41, 5.74) is 1.72. The van der Waals surface area contributed by atoms with Gasteiger partial charge in [-0.15, -0.1) is 11.3 Å². The Kier molecular flexibility index (Phi) is 6.47. The van der Waals surface area contributed by atoms with E-state index in [1.807, 2.05) is 6.92 Å². The first kappa shape index (κ1) is 21.4. The minimum atomic E-state index is -0.579. The molecule has 0 aliphatic rings. The molecule has 30 heavy (non-hydrogen) atoms. The Labute approximate surface area is 176 Å². The standard InChI is InChI=1S/C22H21FN2O4S/c1-4-29-22(28)19-18(15-7-9-16(23)10-8-15)14(3)30-20(19)24-17(26)12-25-11-5-6-13(2)21(25)27/h5-11H,4,12H2,1-3H3,(H,24,26). The molecule has 2 aromatic heterocycles. The lowest BCUT2D eigenvalue weighted by atomic mass is 10.0. The average molecular weight is 428 g/mol. The summed E-state index contributed by atoms with van der Waals surface area (Å²) in [4.78, 5) is 38.2. The second-order valence-corrected chi connectivity index (χ2v) is 7.86. The second kappa shape index (κ2) is 9.04. The van der Waals surface area contributed by atoms with Crippen LogP contribution in [0.4, 0.5) is 9.39 Å². The van der Waals surface area contributed by atoms with Crippen molar-refractivity contribution in [2.24, 2.45) is 0 Å². The molecule has 0 bridgehead atoms. The van der Waals surface area contributed by atoms with Crippen molar-refractivity contribution in [1.82, 2.24) is 4.57 Å². The van der Waals surface area contributed by atoms with Crippen molar-refractivity contribution < 1.29 is 18.7 Å². The maximum absolute atomic E-state index is 13.4. The smallest absolute Gasteiger partial charge is 0.341 e. The molecule has 2 heterocycles. The van der Waals surface area contributed by atoms with Crippen LogP contribution in [0.15, 0.2) is 47.4 Å². The molecule has 0 fully saturated rings. The van der Waals surface area contributed by atoms with Crippen LogP contribution in [-0.4, -0.2) is 23.1 Å². The fourth-order valence-corrected chi connectivity index (χ4v) is 4.18. The molecule has 6 nitrogen and oxygen atoms in total. The van der Waals surface area contributed by atoms with Crippen molar-refractivity contribution in [2.75, 3.05) is 11.9 Å². The first-order valence-electron chi connectivity index (χ1n) is 9.34. The van der Waals surface area contributed by atoms with Gasteiger partial charge in [0.2, 0.25) is 5.91 Å². The van der Waals surface area contributed by atoms with Crippen LogP contribution < -0.4 is 10.9 Å². The predicted molar refractivity (Wildman–Crippen MR) is 114 cm³/mol. The number of ether oxygens (including phenoxy) is 1. The van der Waals surface area contributed by atoms with E-state index < -0.39 is 11.9 Å². The molecular formula is C22H21FN2O4S. The lowest BCUT2D eigenvalue weighted by Gasteiger charge is -2.10. The third kappa shape index (κ3) is 4.49. The summed E-state index contributed by atoms with van der Waals surface area (Å²) >= 11 is 1.23. The molecule has 0 aliphatic carbocycles. The lowest BCUT2D eigenvalue weighted by molar-refractivity contribution is -0.116. The minimum Gasteiger partial charge on any atom is -0.462 e. The van der Waals surface area contributed by atoms with Crippen LogP contribution in [0, 0.1) is 19.7 Å². The van der Waals surface area contributed by atoms with Gasteiger partial charge in [0.05, 0.1) is 6.61 Å². The number of rotatable bonds is 6. The van der Waals surface area contributed by atoms with E-state index in [2.05, 4.69) is 5.32 Å². The van der Waals surface area contributed by atoms with E-state index in [0.717, 1.165) is 4.88 Å². The molecule has 1 N–H and O–H groups in total. The number of anilines is 1. The van der Waals surface area contributed by atoms with E-state index in [1.54, 1.807) is 38.1 Å². The Morgan fingerprint density at radius 3 is 2.53 bits per heavy atom. The first-order chi connectivity index (χ1) is 14.3. The Morgan fingerprint density at radius 1 is 1.17 bits per heavy atom. The van der Waals surface area contributed by atoms with Gasteiger partial charge in [0.25, 0.3) is 5.56 Å². The van der Waals surface area contributed by atoms with Crippen molar-refractivity contribution >= 4 is 28.2 Å². The third-order valence-corrected chi connectivity index (χ3v) is 5.49. The largest absolute Gasteiger partial charge is 0.462 e. The molecule has 0 unspecified atom stereocenters. The number of carbonyl (C=O) groups is 2. The second-order valence-electron chi connectivity index (χ2n) is 6.64. The van der Waals surface area contributed by atoms with Crippen LogP contribution in [-0.2, 0) is 16.1 Å². The molecule has 0 saturated heterocycles. The van der Waals surface area contributed by atoms with Crippen molar-refractivity contribution in [3.05, 3.63) is 74.8 Å². The van der Waals surface area contributed by atoms with E-state index in [1.165, 1.54) is 34.2 Å². The van der Waals surface area contributed by atoms with E-state index in [4.69, 9.17) is 4.74 Å². The molecule has 156 valence electrons. The highest BCUT2D eigenvalue weighted by molar-refractivity contribution is 7.17. The van der Waals surface area contributed by atoms with Gasteiger partial charge in [-0.05, 0) is 44.5 Å². The van der Waals surface area contributed by atoms with Gasteiger partial charge in [0, 0.05) is 22.2 Å². The predicted octanol–water partition coefficient (Wildman–Crippen LogP) is 4.15. The third-order valence-electron chi connectivity index (χ3n) is 4.47. The number of pyridine rings is 1. The maximum atomic E-state index is 13.4. The molecule has 0 atom stereocenters. The molecule has 0 spiro atoms. The Bertz CT molecular complexity index is 1150. The number of esters is 1. The fraction of sp³-hybridized carbons (Fsp3) is 0.227. The van der Waals surface area contributed by atoms with Gasteiger partial charge in [-0.25, -0.2) is 9.18 Å². The molecule has 3 rings (SSSR count). The number of benzene rings is 1. The van der Waals surface area contributed by atoms with Crippen LogP contribution in [0.5, 0.6) is 0 Å². The van der Waals surface area contributed by atoms with Crippen molar-refractivity contribution in [3.8, 4) is 11.1 Å². The highest BCUT2D eigenvalue weighted by Gasteiger charge is 2.25. The highest BCUT2D eigenvalue weighted by Crippen LogP contribution is 2.40. The van der Waals surface area contributed by atoms with Crippen molar-refractivity contribution in [3.63, 3.8) is 0 Å². The van der Waals surface area contributed by atoms with Crippen LogP contribution in [0.25, 0.3) is 11.1 Å². The van der Waals surface area contributed by atoms with E-state index >= 15 is 0 Å². The zero-order valence-electron chi connectivity index (χ0n) is 16.8. The zero-order valence-corrected chi connectivity index (χ0v) is 17.6. The zero-order chi connectivity index (χ0) is 21.8. The number of halogens is 1. The first-order valence-corrected chi connectivity index (χ1v) is 10.2. The summed E-state index contributed by atoms with van der Waals surface area (Å²) in [5.74, 6) is -1.41. The number of thiophene rings is 1. The van der Waals surface area contributed by atoms with Crippen LogP contribution in [0.1, 0.15) is 27.7 Å². The van der Waals surface area contributed by atoms with Crippen LogP contribution in [0.3, 0.4) is 0 Å². The van der Waals surface area contributed by atoms with E-state index in [-0.39, 0.29) is 30.1 Å². The average Bonchev–Trinajstić information content (AvgIpc) is 3.02. The van der Waals surface area contributed by atoms with Gasteiger partial charge in [-0.2, -0.15) is 0 Å². The fourth-order valence-electron chi connectivity index (χ4n) is 3.10. The van der Waals surface area contributed by atoms with Gasteiger partial charge in [-0.3, -0.25) is 9.59 Å². The summed E-state index contributed by atoms with van der Waals surface area (Å²) < 4.78 is 19.8. The minimum absolute atomic E-state index is 0.169. The van der Waals surface area contributed by atoms with Gasteiger partial charge < -0.3 is 14.6 Å². The number of nitrogens with zero attached hydrogens (tertiary/aromatic N) is 1. The molecule has 0 saturated carbocycles. The monoisotopic (exact) mass is 428 g/mol. The number of amides is 1. The van der Waals surface area contributed by atoms with Crippen molar-refractivity contribution in [2.45, 2.75) is 27.3 Å².